The minimum absolute atomic E-state index is 0.0536. The van der Waals surface area contributed by atoms with E-state index in [1.54, 1.807) is 0 Å². The van der Waals surface area contributed by atoms with Gasteiger partial charge in [-0.3, -0.25) is 4.90 Å². The van der Waals surface area contributed by atoms with Gasteiger partial charge in [0.15, 0.2) is 0 Å². The molecule has 1 aliphatic rings. The summed E-state index contributed by atoms with van der Waals surface area (Å²) in [5.74, 6) is 0. The van der Waals surface area contributed by atoms with E-state index in [0.717, 1.165) is 22.3 Å². The molecule has 1 aliphatic carbocycles. The minimum atomic E-state index is -0.606. The van der Waals surface area contributed by atoms with Crippen LogP contribution < -0.4 is 5.32 Å². The molecule has 5 nitrogen and oxygen atoms in total. The molecule has 5 heteroatoms. The highest BCUT2D eigenvalue weighted by Gasteiger charge is 2.36. The van der Waals surface area contributed by atoms with Crippen LogP contribution in [0.2, 0.25) is 0 Å². The quantitative estimate of drug-likeness (QED) is 0.452. The van der Waals surface area contributed by atoms with E-state index in [2.05, 4.69) is 34.5 Å². The van der Waals surface area contributed by atoms with Crippen LogP contribution in [0.5, 0.6) is 0 Å². The normalized spacial score (nSPS) is 18.1. The number of carbonyl (C=O) groups excluding carboxylic acids is 1. The lowest BCUT2D eigenvalue weighted by Crippen LogP contribution is -2.49. The lowest BCUT2D eigenvalue weighted by molar-refractivity contribution is 0.0409. The van der Waals surface area contributed by atoms with E-state index < -0.39 is 11.7 Å². The number of fused-ring (bicyclic) bond motifs is 1. The highest BCUT2D eigenvalue weighted by Crippen LogP contribution is 2.36. The standard InChI is InChI=1S/C30H34N2O3/c1-30(2,3)35-29(34)31-28-25-17-11-10-14-23(25)18-19-26(28)32(20-22-12-6-4-7-13-22)27(21-33)24-15-8-5-9-16-24/h4-19,26-28,33H,20-21H2,1-3H3,(H,31,34)/t26-,27+,28-/m1/s1. The molecular formula is C30H34N2O3. The smallest absolute Gasteiger partial charge is 0.408 e. The molecule has 0 bridgehead atoms. The van der Waals surface area contributed by atoms with E-state index in [1.165, 1.54) is 0 Å². The van der Waals surface area contributed by atoms with Crippen LogP contribution in [0.3, 0.4) is 0 Å². The van der Waals surface area contributed by atoms with Gasteiger partial charge in [-0.25, -0.2) is 4.79 Å². The molecule has 3 aromatic carbocycles. The number of nitrogens with zero attached hydrogens (tertiary/aromatic N) is 1. The number of aliphatic hydroxyl groups excluding tert-OH is 1. The number of alkyl carbamates (subject to hydrolysis) is 1. The number of carbonyl (C=O) groups is 1. The summed E-state index contributed by atoms with van der Waals surface area (Å²) in [6.45, 7) is 6.12. The van der Waals surface area contributed by atoms with E-state index >= 15 is 0 Å². The summed E-state index contributed by atoms with van der Waals surface area (Å²) in [5.41, 5.74) is 3.63. The maximum Gasteiger partial charge on any atom is 0.408 e. The first-order chi connectivity index (χ1) is 16.9. The number of ether oxygens (including phenoxy) is 1. The number of amides is 1. The van der Waals surface area contributed by atoms with Gasteiger partial charge in [-0.05, 0) is 43.0 Å². The van der Waals surface area contributed by atoms with Gasteiger partial charge in [-0.15, -0.1) is 0 Å². The maximum atomic E-state index is 12.9. The van der Waals surface area contributed by atoms with Gasteiger partial charge in [-0.1, -0.05) is 97.1 Å². The van der Waals surface area contributed by atoms with Gasteiger partial charge in [0.1, 0.15) is 5.60 Å². The minimum Gasteiger partial charge on any atom is -0.444 e. The van der Waals surface area contributed by atoms with Crippen LogP contribution in [-0.4, -0.2) is 34.3 Å². The molecule has 0 saturated heterocycles. The van der Waals surface area contributed by atoms with Gasteiger partial charge in [0.25, 0.3) is 0 Å². The summed E-state index contributed by atoms with van der Waals surface area (Å²) in [4.78, 5) is 15.2. The molecule has 3 aromatic rings. The van der Waals surface area contributed by atoms with Crippen molar-refractivity contribution in [3.05, 3.63) is 113 Å². The second-order valence-electron chi connectivity index (χ2n) is 9.87. The van der Waals surface area contributed by atoms with Gasteiger partial charge >= 0.3 is 6.09 Å². The molecule has 0 radical (unpaired) electrons. The van der Waals surface area contributed by atoms with E-state index in [-0.39, 0.29) is 24.7 Å². The fourth-order valence-electron chi connectivity index (χ4n) is 4.64. The van der Waals surface area contributed by atoms with Crippen molar-refractivity contribution in [3.63, 3.8) is 0 Å². The van der Waals surface area contributed by atoms with Gasteiger partial charge in [-0.2, -0.15) is 0 Å². The van der Waals surface area contributed by atoms with Gasteiger partial charge < -0.3 is 15.2 Å². The average Bonchev–Trinajstić information content (AvgIpc) is 2.84. The predicted molar refractivity (Wildman–Crippen MR) is 140 cm³/mol. The Morgan fingerprint density at radius 3 is 2.26 bits per heavy atom. The van der Waals surface area contributed by atoms with E-state index in [4.69, 9.17) is 4.74 Å². The van der Waals surface area contributed by atoms with Crippen LogP contribution >= 0.6 is 0 Å². The zero-order valence-electron chi connectivity index (χ0n) is 20.6. The van der Waals surface area contributed by atoms with Crippen LogP contribution in [0.25, 0.3) is 6.08 Å². The van der Waals surface area contributed by atoms with E-state index in [0.29, 0.717) is 6.54 Å². The van der Waals surface area contributed by atoms with Crippen molar-refractivity contribution in [2.24, 2.45) is 0 Å². The number of hydrogen-bond donors (Lipinski definition) is 2. The highest BCUT2D eigenvalue weighted by atomic mass is 16.6. The third-order valence-electron chi connectivity index (χ3n) is 6.17. The third-order valence-corrected chi connectivity index (χ3v) is 6.17. The molecule has 0 unspecified atom stereocenters. The fraction of sp³-hybridized carbons (Fsp3) is 0.300. The van der Waals surface area contributed by atoms with Crippen molar-refractivity contribution in [3.8, 4) is 0 Å². The van der Waals surface area contributed by atoms with Crippen LogP contribution in [0.15, 0.2) is 91.0 Å². The Morgan fingerprint density at radius 2 is 1.60 bits per heavy atom. The summed E-state index contributed by atoms with van der Waals surface area (Å²) >= 11 is 0. The van der Waals surface area contributed by atoms with Crippen molar-refractivity contribution in [2.45, 2.75) is 51.0 Å². The molecule has 0 saturated carbocycles. The van der Waals surface area contributed by atoms with Crippen molar-refractivity contribution < 1.29 is 14.6 Å². The fourth-order valence-corrected chi connectivity index (χ4v) is 4.64. The SMILES string of the molecule is CC(C)(C)OC(=O)N[C@@H]1c2ccccc2C=C[C@H]1N(Cc1ccccc1)[C@@H](CO)c1ccccc1. The molecule has 182 valence electrons. The molecule has 2 N–H and O–H groups in total. The molecule has 0 heterocycles. The molecule has 0 fully saturated rings. The van der Waals surface area contributed by atoms with E-state index in [9.17, 15) is 9.90 Å². The average molecular weight is 471 g/mol. The van der Waals surface area contributed by atoms with Crippen molar-refractivity contribution >= 4 is 12.2 Å². The summed E-state index contributed by atoms with van der Waals surface area (Å²) in [6.07, 6.45) is 3.77. The molecule has 0 aliphatic heterocycles. The lowest BCUT2D eigenvalue weighted by atomic mass is 9.87. The Hall–Kier alpha value is -3.41. The van der Waals surface area contributed by atoms with Crippen LogP contribution in [0.4, 0.5) is 4.79 Å². The molecule has 3 atom stereocenters. The van der Waals surface area contributed by atoms with Crippen molar-refractivity contribution in [1.29, 1.82) is 0 Å². The second kappa shape index (κ2) is 10.9. The van der Waals surface area contributed by atoms with Crippen molar-refractivity contribution in [1.82, 2.24) is 10.2 Å². The first kappa shape index (κ1) is 24.7. The molecule has 0 aromatic heterocycles. The number of rotatable bonds is 7. The number of nitrogens with one attached hydrogen (secondary N) is 1. The summed E-state index contributed by atoms with van der Waals surface area (Å²) in [7, 11) is 0. The second-order valence-corrected chi connectivity index (χ2v) is 9.87. The summed E-state index contributed by atoms with van der Waals surface area (Å²) < 4.78 is 5.63. The van der Waals surface area contributed by atoms with Gasteiger partial charge in [0.05, 0.1) is 24.7 Å². The first-order valence-electron chi connectivity index (χ1n) is 12.1. The zero-order valence-corrected chi connectivity index (χ0v) is 20.6. The highest BCUT2D eigenvalue weighted by molar-refractivity contribution is 5.70. The molecule has 1 amide bonds. The Balaban J connectivity index is 1.76. The number of benzene rings is 3. The first-order valence-corrected chi connectivity index (χ1v) is 12.1. The Kier molecular flexibility index (Phi) is 7.69. The van der Waals surface area contributed by atoms with Crippen LogP contribution in [0, 0.1) is 0 Å². The molecular weight excluding hydrogens is 436 g/mol. The van der Waals surface area contributed by atoms with Crippen molar-refractivity contribution in [2.75, 3.05) is 6.61 Å². The number of aliphatic hydroxyl groups is 1. The zero-order chi connectivity index (χ0) is 24.8. The van der Waals surface area contributed by atoms with Crippen LogP contribution in [0.1, 0.15) is 55.1 Å². The Morgan fingerprint density at radius 1 is 0.971 bits per heavy atom. The van der Waals surface area contributed by atoms with E-state index in [1.807, 2.05) is 93.6 Å². The summed E-state index contributed by atoms with van der Waals surface area (Å²) in [6, 6.07) is 27.5. The monoisotopic (exact) mass is 470 g/mol. The Labute approximate surface area is 208 Å². The lowest BCUT2D eigenvalue weighted by Gasteiger charge is -2.42. The maximum absolute atomic E-state index is 12.9. The van der Waals surface area contributed by atoms with Gasteiger partial charge in [0, 0.05) is 6.54 Å². The number of hydrogen-bond acceptors (Lipinski definition) is 4. The van der Waals surface area contributed by atoms with Gasteiger partial charge in [0.2, 0.25) is 0 Å². The van der Waals surface area contributed by atoms with Crippen LogP contribution in [-0.2, 0) is 11.3 Å². The Bertz CT molecular complexity index is 1140. The molecule has 35 heavy (non-hydrogen) atoms. The predicted octanol–water partition coefficient (Wildman–Crippen LogP) is 5.88. The largest absolute Gasteiger partial charge is 0.444 e. The molecule has 4 rings (SSSR count). The molecule has 0 spiro atoms. The topological polar surface area (TPSA) is 61.8 Å². The third kappa shape index (κ3) is 6.18. The summed E-state index contributed by atoms with van der Waals surface area (Å²) in [5, 5.41) is 13.7.